The van der Waals surface area contributed by atoms with E-state index in [1.54, 1.807) is 0 Å². The van der Waals surface area contributed by atoms with Crippen LogP contribution in [0, 0.1) is 0 Å². The van der Waals surface area contributed by atoms with Crippen LogP contribution in [-0.4, -0.2) is 14.9 Å². The molecule has 0 aromatic heterocycles. The summed E-state index contributed by atoms with van der Waals surface area (Å²) in [6.45, 7) is 9.77. The largest absolute Gasteiger partial charge is 0.414 e. The van der Waals surface area contributed by atoms with Gasteiger partial charge < -0.3 is 4.43 Å². The SMILES string of the molecule is CCCCCCCC/C=C/CO[Si](C)(C)C. The van der Waals surface area contributed by atoms with Crippen molar-refractivity contribution < 1.29 is 4.43 Å². The molecule has 0 spiro atoms. The van der Waals surface area contributed by atoms with Crippen molar-refractivity contribution in [2.45, 2.75) is 71.5 Å². The van der Waals surface area contributed by atoms with Crippen LogP contribution in [0.1, 0.15) is 51.9 Å². The molecule has 0 heterocycles. The lowest BCUT2D eigenvalue weighted by molar-refractivity contribution is 0.357. The second kappa shape index (κ2) is 10.1. The minimum atomic E-state index is -1.30. The van der Waals surface area contributed by atoms with Gasteiger partial charge in [-0.3, -0.25) is 0 Å². The molecule has 0 saturated carbocycles. The van der Waals surface area contributed by atoms with Crippen molar-refractivity contribution in [1.29, 1.82) is 0 Å². The van der Waals surface area contributed by atoms with Crippen molar-refractivity contribution >= 4 is 8.32 Å². The molecule has 0 unspecified atom stereocenters. The van der Waals surface area contributed by atoms with Crippen LogP contribution in [0.15, 0.2) is 12.2 Å². The van der Waals surface area contributed by atoms with Gasteiger partial charge in [0.2, 0.25) is 0 Å². The lowest BCUT2D eigenvalue weighted by Crippen LogP contribution is -2.25. The number of hydrogen-bond donors (Lipinski definition) is 0. The molecule has 0 saturated heterocycles. The second-order valence-corrected chi connectivity index (χ2v) is 9.96. The van der Waals surface area contributed by atoms with E-state index in [1.165, 1.54) is 44.9 Å². The minimum Gasteiger partial charge on any atom is -0.414 e. The van der Waals surface area contributed by atoms with Crippen molar-refractivity contribution in [3.05, 3.63) is 12.2 Å². The molecule has 0 aliphatic rings. The number of rotatable bonds is 10. The maximum absolute atomic E-state index is 5.74. The third-order valence-electron chi connectivity index (χ3n) is 2.50. The summed E-state index contributed by atoms with van der Waals surface area (Å²) < 4.78 is 5.74. The molecule has 96 valence electrons. The Kier molecular flexibility index (Phi) is 10.0. The summed E-state index contributed by atoms with van der Waals surface area (Å²) in [6, 6.07) is 0. The maximum atomic E-state index is 5.74. The van der Waals surface area contributed by atoms with Crippen molar-refractivity contribution in [3.63, 3.8) is 0 Å². The molecular weight excluding hydrogens is 212 g/mol. The third-order valence-corrected chi connectivity index (χ3v) is 3.54. The fourth-order valence-corrected chi connectivity index (χ4v) is 2.12. The van der Waals surface area contributed by atoms with E-state index >= 15 is 0 Å². The smallest absolute Gasteiger partial charge is 0.184 e. The molecule has 2 heteroatoms. The summed E-state index contributed by atoms with van der Waals surface area (Å²) in [5.74, 6) is 0. The fraction of sp³-hybridized carbons (Fsp3) is 0.857. The van der Waals surface area contributed by atoms with Gasteiger partial charge >= 0.3 is 0 Å². The van der Waals surface area contributed by atoms with Crippen LogP contribution in [0.4, 0.5) is 0 Å². The van der Waals surface area contributed by atoms with Crippen molar-refractivity contribution in [3.8, 4) is 0 Å². The Morgan fingerprint density at radius 3 is 2.12 bits per heavy atom. The van der Waals surface area contributed by atoms with Gasteiger partial charge in [0.15, 0.2) is 8.32 Å². The number of hydrogen-bond acceptors (Lipinski definition) is 1. The summed E-state index contributed by atoms with van der Waals surface area (Å²) in [5, 5.41) is 0. The molecule has 0 amide bonds. The van der Waals surface area contributed by atoms with Gasteiger partial charge in [0.25, 0.3) is 0 Å². The lowest BCUT2D eigenvalue weighted by Gasteiger charge is -2.14. The van der Waals surface area contributed by atoms with E-state index < -0.39 is 8.32 Å². The van der Waals surface area contributed by atoms with Crippen molar-refractivity contribution in [2.75, 3.05) is 6.61 Å². The monoisotopic (exact) mass is 242 g/mol. The van der Waals surface area contributed by atoms with Gasteiger partial charge in [-0.25, -0.2) is 0 Å². The lowest BCUT2D eigenvalue weighted by atomic mass is 10.1. The van der Waals surface area contributed by atoms with E-state index in [1.807, 2.05) is 0 Å². The van der Waals surface area contributed by atoms with E-state index in [9.17, 15) is 0 Å². The van der Waals surface area contributed by atoms with Crippen LogP contribution in [0.2, 0.25) is 19.6 Å². The van der Waals surface area contributed by atoms with Crippen LogP contribution in [0.5, 0.6) is 0 Å². The molecule has 1 nitrogen and oxygen atoms in total. The van der Waals surface area contributed by atoms with Gasteiger partial charge in [-0.1, -0.05) is 51.2 Å². The molecule has 0 aromatic rings. The molecular formula is C14H30OSi. The molecule has 0 atom stereocenters. The van der Waals surface area contributed by atoms with Crippen LogP contribution < -0.4 is 0 Å². The summed E-state index contributed by atoms with van der Waals surface area (Å²) >= 11 is 0. The fourth-order valence-electron chi connectivity index (χ4n) is 1.53. The molecule has 0 fully saturated rings. The first kappa shape index (κ1) is 15.9. The highest BCUT2D eigenvalue weighted by atomic mass is 28.4. The second-order valence-electron chi connectivity index (χ2n) is 5.45. The third kappa shape index (κ3) is 13.9. The Morgan fingerprint density at radius 1 is 0.875 bits per heavy atom. The molecule has 16 heavy (non-hydrogen) atoms. The van der Waals surface area contributed by atoms with Crippen molar-refractivity contribution in [2.24, 2.45) is 0 Å². The van der Waals surface area contributed by atoms with Crippen LogP contribution in [-0.2, 0) is 4.43 Å². The Hall–Kier alpha value is -0.0831. The van der Waals surface area contributed by atoms with Crippen LogP contribution in [0.25, 0.3) is 0 Å². The van der Waals surface area contributed by atoms with E-state index in [-0.39, 0.29) is 0 Å². The standard InChI is InChI=1S/C14H30OSi/c1-5-6-7-8-9-10-11-12-13-14-15-16(2,3)4/h12-13H,5-11,14H2,1-4H3/b13-12+. The Bertz CT molecular complexity index is 170. The normalized spacial score (nSPS) is 12.5. The molecule has 0 bridgehead atoms. The highest BCUT2D eigenvalue weighted by Gasteiger charge is 2.11. The Balaban J connectivity index is 3.16. The van der Waals surface area contributed by atoms with Crippen LogP contribution >= 0.6 is 0 Å². The topological polar surface area (TPSA) is 9.23 Å². The Labute approximate surface area is 103 Å². The highest BCUT2D eigenvalue weighted by molar-refractivity contribution is 6.69. The zero-order valence-corrected chi connectivity index (χ0v) is 12.7. The zero-order valence-electron chi connectivity index (χ0n) is 11.7. The first-order valence-electron chi connectivity index (χ1n) is 6.85. The average Bonchev–Trinajstić information content (AvgIpc) is 2.19. The molecule has 0 radical (unpaired) electrons. The van der Waals surface area contributed by atoms with Gasteiger partial charge in [0.1, 0.15) is 0 Å². The summed E-state index contributed by atoms with van der Waals surface area (Å²) in [7, 11) is -1.30. The first-order valence-corrected chi connectivity index (χ1v) is 10.3. The van der Waals surface area contributed by atoms with Gasteiger partial charge in [0, 0.05) is 0 Å². The molecule has 0 aliphatic carbocycles. The zero-order chi connectivity index (χ0) is 12.3. The van der Waals surface area contributed by atoms with Gasteiger partial charge in [-0.15, -0.1) is 0 Å². The summed E-state index contributed by atoms with van der Waals surface area (Å²) in [5.41, 5.74) is 0. The minimum absolute atomic E-state index is 0.811. The van der Waals surface area contributed by atoms with Crippen molar-refractivity contribution in [1.82, 2.24) is 0 Å². The van der Waals surface area contributed by atoms with E-state index in [0.29, 0.717) is 0 Å². The molecule has 0 N–H and O–H groups in total. The van der Waals surface area contributed by atoms with E-state index in [4.69, 9.17) is 4.43 Å². The van der Waals surface area contributed by atoms with Gasteiger partial charge in [-0.2, -0.15) is 0 Å². The summed E-state index contributed by atoms with van der Waals surface area (Å²) in [6.07, 6.45) is 14.0. The van der Waals surface area contributed by atoms with Gasteiger partial charge in [0.05, 0.1) is 6.61 Å². The Morgan fingerprint density at radius 2 is 1.50 bits per heavy atom. The number of unbranched alkanes of at least 4 members (excludes halogenated alkanes) is 6. The maximum Gasteiger partial charge on any atom is 0.184 e. The van der Waals surface area contributed by atoms with Crippen LogP contribution in [0.3, 0.4) is 0 Å². The summed E-state index contributed by atoms with van der Waals surface area (Å²) in [4.78, 5) is 0. The van der Waals surface area contributed by atoms with Gasteiger partial charge in [-0.05, 0) is 32.5 Å². The first-order chi connectivity index (χ1) is 7.56. The predicted octanol–water partition coefficient (Wildman–Crippen LogP) is 5.14. The average molecular weight is 242 g/mol. The quantitative estimate of drug-likeness (QED) is 0.293. The number of allylic oxidation sites excluding steroid dienone is 1. The molecule has 0 aromatic carbocycles. The highest BCUT2D eigenvalue weighted by Crippen LogP contribution is 2.07. The van der Waals surface area contributed by atoms with E-state index in [2.05, 4.69) is 38.7 Å². The predicted molar refractivity (Wildman–Crippen MR) is 76.4 cm³/mol. The molecule has 0 aliphatic heterocycles. The van der Waals surface area contributed by atoms with E-state index in [0.717, 1.165) is 6.61 Å². The molecule has 0 rings (SSSR count).